The van der Waals surface area contributed by atoms with Crippen LogP contribution in [0.1, 0.15) is 50.1 Å². The first kappa shape index (κ1) is 20.7. The Bertz CT molecular complexity index is 819. The Hall–Kier alpha value is -3.02. The number of nitrogens with two attached hydrogens (primary N) is 1. The molecule has 1 fully saturated rings. The Kier molecular flexibility index (Phi) is 7.11. The monoisotopic (exact) mass is 395 g/mol. The van der Waals surface area contributed by atoms with Crippen LogP contribution in [0.25, 0.3) is 0 Å². The highest BCUT2D eigenvalue weighted by molar-refractivity contribution is 5.79. The number of primary amides is 1. The minimum atomic E-state index is -0.655. The van der Waals surface area contributed by atoms with E-state index in [1.807, 2.05) is 66.5 Å². The lowest BCUT2D eigenvalue weighted by atomic mass is 9.94. The molecule has 0 radical (unpaired) electrons. The maximum absolute atomic E-state index is 12.9. The number of ether oxygens (including phenoxy) is 1. The number of carbonyl (C=O) groups is 2. The smallest absolute Gasteiger partial charge is 0.312 e. The van der Waals surface area contributed by atoms with Crippen LogP contribution in [0, 0.1) is 0 Å². The van der Waals surface area contributed by atoms with Crippen LogP contribution in [-0.4, -0.2) is 29.9 Å². The molecule has 0 heterocycles. The number of urea groups is 1. The highest BCUT2D eigenvalue weighted by atomic mass is 16.5. The number of para-hydroxylation sites is 1. The fraction of sp³-hybridized carbons (Fsp3) is 0.391. The summed E-state index contributed by atoms with van der Waals surface area (Å²) in [5, 5.41) is 2.71. The highest BCUT2D eigenvalue weighted by Gasteiger charge is 2.25. The van der Waals surface area contributed by atoms with Crippen LogP contribution in [0.2, 0.25) is 0 Å². The predicted octanol–water partition coefficient (Wildman–Crippen LogP) is 4.37. The van der Waals surface area contributed by atoms with Crippen molar-refractivity contribution < 1.29 is 14.3 Å². The maximum Gasteiger partial charge on any atom is 0.312 e. The third kappa shape index (κ3) is 5.98. The summed E-state index contributed by atoms with van der Waals surface area (Å²) in [6.45, 7) is 0. The summed E-state index contributed by atoms with van der Waals surface area (Å²) in [6, 6.07) is 16.0. The molecule has 3 N–H and O–H groups in total. The van der Waals surface area contributed by atoms with Crippen molar-refractivity contribution in [3.05, 3.63) is 60.2 Å². The van der Waals surface area contributed by atoms with Crippen molar-refractivity contribution in [2.24, 2.45) is 5.73 Å². The molecular formula is C23H29N3O3. The number of nitrogens with zero attached hydrogens (tertiary/aromatic N) is 1. The SMILES string of the molecule is CN(C(=O)CC(NC(N)=O)c1cccc(Oc2ccccc2)c1)C1CCCCC1. The zero-order chi connectivity index (χ0) is 20.6. The van der Waals surface area contributed by atoms with Gasteiger partial charge in [-0.3, -0.25) is 4.79 Å². The van der Waals surface area contributed by atoms with Crippen LogP contribution >= 0.6 is 0 Å². The highest BCUT2D eigenvalue weighted by Crippen LogP contribution is 2.27. The zero-order valence-corrected chi connectivity index (χ0v) is 16.8. The number of amides is 3. The average Bonchev–Trinajstić information content (AvgIpc) is 2.74. The van der Waals surface area contributed by atoms with Gasteiger partial charge in [-0.2, -0.15) is 0 Å². The van der Waals surface area contributed by atoms with Crippen LogP contribution in [0.15, 0.2) is 54.6 Å². The van der Waals surface area contributed by atoms with E-state index in [1.165, 1.54) is 6.42 Å². The molecule has 1 unspecified atom stereocenters. The third-order valence-corrected chi connectivity index (χ3v) is 5.45. The molecule has 0 aromatic heterocycles. The summed E-state index contributed by atoms with van der Waals surface area (Å²) in [5.74, 6) is 1.36. The second kappa shape index (κ2) is 9.96. The van der Waals surface area contributed by atoms with Gasteiger partial charge in [-0.1, -0.05) is 49.6 Å². The summed E-state index contributed by atoms with van der Waals surface area (Å²) < 4.78 is 5.88. The topological polar surface area (TPSA) is 84.7 Å². The molecule has 6 nitrogen and oxygen atoms in total. The quantitative estimate of drug-likeness (QED) is 0.730. The van der Waals surface area contributed by atoms with Gasteiger partial charge < -0.3 is 20.7 Å². The summed E-state index contributed by atoms with van der Waals surface area (Å²) in [5.41, 5.74) is 6.16. The minimum Gasteiger partial charge on any atom is -0.457 e. The van der Waals surface area contributed by atoms with E-state index < -0.39 is 12.1 Å². The largest absolute Gasteiger partial charge is 0.457 e. The number of carbonyl (C=O) groups excluding carboxylic acids is 2. The van der Waals surface area contributed by atoms with E-state index in [4.69, 9.17) is 10.5 Å². The minimum absolute atomic E-state index is 0.00466. The van der Waals surface area contributed by atoms with Gasteiger partial charge in [-0.05, 0) is 42.7 Å². The second-order valence-electron chi connectivity index (χ2n) is 7.55. The lowest BCUT2D eigenvalue weighted by Gasteiger charge is -2.32. The second-order valence-corrected chi connectivity index (χ2v) is 7.55. The van der Waals surface area contributed by atoms with Crippen LogP contribution < -0.4 is 15.8 Å². The first-order chi connectivity index (χ1) is 14.0. The molecule has 1 aliphatic rings. The van der Waals surface area contributed by atoms with Crippen molar-refractivity contribution in [3.63, 3.8) is 0 Å². The molecular weight excluding hydrogens is 366 g/mol. The van der Waals surface area contributed by atoms with E-state index in [0.29, 0.717) is 5.75 Å². The number of nitrogens with one attached hydrogen (secondary N) is 1. The molecule has 0 saturated heterocycles. The van der Waals surface area contributed by atoms with Gasteiger partial charge in [0.2, 0.25) is 5.91 Å². The fourth-order valence-corrected chi connectivity index (χ4v) is 3.83. The molecule has 2 aromatic carbocycles. The van der Waals surface area contributed by atoms with Gasteiger partial charge in [0.05, 0.1) is 12.5 Å². The number of hydrogen-bond acceptors (Lipinski definition) is 3. The Morgan fingerprint density at radius 3 is 2.45 bits per heavy atom. The molecule has 0 bridgehead atoms. The van der Waals surface area contributed by atoms with E-state index in [1.54, 1.807) is 0 Å². The number of benzene rings is 2. The van der Waals surface area contributed by atoms with E-state index in [2.05, 4.69) is 5.32 Å². The molecule has 3 amide bonds. The van der Waals surface area contributed by atoms with Gasteiger partial charge in [-0.15, -0.1) is 0 Å². The Labute approximate surface area is 172 Å². The van der Waals surface area contributed by atoms with E-state index >= 15 is 0 Å². The van der Waals surface area contributed by atoms with E-state index in [-0.39, 0.29) is 18.4 Å². The molecule has 154 valence electrons. The fourth-order valence-electron chi connectivity index (χ4n) is 3.83. The Morgan fingerprint density at radius 1 is 1.07 bits per heavy atom. The van der Waals surface area contributed by atoms with Gasteiger partial charge >= 0.3 is 6.03 Å². The third-order valence-electron chi connectivity index (χ3n) is 5.45. The molecule has 1 aliphatic carbocycles. The molecule has 1 atom stereocenters. The van der Waals surface area contributed by atoms with Gasteiger partial charge in [0.25, 0.3) is 0 Å². The lowest BCUT2D eigenvalue weighted by Crippen LogP contribution is -2.41. The standard InChI is InChI=1S/C23H29N3O3/c1-26(18-10-4-2-5-11-18)22(27)16-21(25-23(24)28)17-9-8-14-20(15-17)29-19-12-6-3-7-13-19/h3,6-9,12-15,18,21H,2,4-5,10-11,16H2,1H3,(H3,24,25,28). The van der Waals surface area contributed by atoms with Crippen molar-refractivity contribution in [2.75, 3.05) is 7.05 Å². The van der Waals surface area contributed by atoms with Crippen molar-refractivity contribution in [2.45, 2.75) is 50.6 Å². The molecule has 29 heavy (non-hydrogen) atoms. The molecule has 3 rings (SSSR count). The van der Waals surface area contributed by atoms with Crippen molar-refractivity contribution in [1.29, 1.82) is 0 Å². The van der Waals surface area contributed by atoms with E-state index in [0.717, 1.165) is 37.0 Å². The molecule has 0 spiro atoms. The zero-order valence-electron chi connectivity index (χ0n) is 16.8. The van der Waals surface area contributed by atoms with Gasteiger partial charge in [0.1, 0.15) is 11.5 Å². The Morgan fingerprint density at radius 2 is 1.76 bits per heavy atom. The maximum atomic E-state index is 12.9. The van der Waals surface area contributed by atoms with Crippen LogP contribution in [0.3, 0.4) is 0 Å². The van der Waals surface area contributed by atoms with Crippen LogP contribution in [-0.2, 0) is 4.79 Å². The average molecular weight is 396 g/mol. The van der Waals surface area contributed by atoms with Crippen molar-refractivity contribution in [3.8, 4) is 11.5 Å². The molecule has 6 heteroatoms. The van der Waals surface area contributed by atoms with Crippen molar-refractivity contribution in [1.82, 2.24) is 10.2 Å². The van der Waals surface area contributed by atoms with E-state index in [9.17, 15) is 9.59 Å². The summed E-state index contributed by atoms with van der Waals surface area (Å²) in [4.78, 5) is 26.3. The van der Waals surface area contributed by atoms with Crippen molar-refractivity contribution >= 4 is 11.9 Å². The lowest BCUT2D eigenvalue weighted by molar-refractivity contribution is -0.133. The van der Waals surface area contributed by atoms with Gasteiger partial charge in [0.15, 0.2) is 0 Å². The number of hydrogen-bond donors (Lipinski definition) is 2. The van der Waals surface area contributed by atoms with Gasteiger partial charge in [0, 0.05) is 13.1 Å². The molecule has 1 saturated carbocycles. The first-order valence-corrected chi connectivity index (χ1v) is 10.2. The summed E-state index contributed by atoms with van der Waals surface area (Å²) in [7, 11) is 1.86. The summed E-state index contributed by atoms with van der Waals surface area (Å²) in [6.07, 6.45) is 5.78. The summed E-state index contributed by atoms with van der Waals surface area (Å²) >= 11 is 0. The number of rotatable bonds is 7. The Balaban J connectivity index is 1.73. The molecule has 2 aromatic rings. The normalized spacial score (nSPS) is 15.3. The molecule has 0 aliphatic heterocycles. The van der Waals surface area contributed by atoms with Crippen LogP contribution in [0.5, 0.6) is 11.5 Å². The predicted molar refractivity (Wildman–Crippen MR) is 113 cm³/mol. The van der Waals surface area contributed by atoms with Crippen LogP contribution in [0.4, 0.5) is 4.79 Å². The van der Waals surface area contributed by atoms with Gasteiger partial charge in [-0.25, -0.2) is 4.79 Å². The first-order valence-electron chi connectivity index (χ1n) is 10.2.